The molecule has 102 valence electrons. The fourth-order valence-corrected chi connectivity index (χ4v) is 2.33. The molecule has 0 atom stereocenters. The molecular weight excluding hydrogens is 262 g/mol. The number of benzene rings is 2. The minimum Gasteiger partial charge on any atom is -0.478 e. The van der Waals surface area contributed by atoms with E-state index in [0.717, 1.165) is 22.3 Å². The first-order valence-corrected chi connectivity index (χ1v) is 6.59. The van der Waals surface area contributed by atoms with Crippen LogP contribution in [0.15, 0.2) is 73.1 Å². The SMILES string of the molecule is O=C(O)c1cccc(-c2ccccc2-c2cccnc2)c1. The number of aromatic carboxylic acids is 1. The number of carboxylic acids is 1. The lowest BCUT2D eigenvalue weighted by atomic mass is 9.94. The van der Waals surface area contributed by atoms with Crippen molar-refractivity contribution < 1.29 is 9.90 Å². The topological polar surface area (TPSA) is 50.2 Å². The predicted molar refractivity (Wildman–Crippen MR) is 82.1 cm³/mol. The molecule has 0 saturated heterocycles. The van der Waals surface area contributed by atoms with E-state index in [1.807, 2.05) is 42.5 Å². The highest BCUT2D eigenvalue weighted by Gasteiger charge is 2.09. The summed E-state index contributed by atoms with van der Waals surface area (Å²) in [7, 11) is 0. The van der Waals surface area contributed by atoms with Gasteiger partial charge in [0, 0.05) is 18.0 Å². The number of aromatic nitrogens is 1. The highest BCUT2D eigenvalue weighted by molar-refractivity contribution is 5.91. The molecule has 0 aliphatic heterocycles. The van der Waals surface area contributed by atoms with Crippen molar-refractivity contribution in [1.82, 2.24) is 4.98 Å². The summed E-state index contributed by atoms with van der Waals surface area (Å²) in [6.07, 6.45) is 3.54. The third kappa shape index (κ3) is 2.67. The largest absolute Gasteiger partial charge is 0.478 e. The molecule has 0 unspecified atom stereocenters. The maximum Gasteiger partial charge on any atom is 0.335 e. The summed E-state index contributed by atoms with van der Waals surface area (Å²) in [5, 5.41) is 9.13. The fraction of sp³-hybridized carbons (Fsp3) is 0. The Labute approximate surface area is 122 Å². The van der Waals surface area contributed by atoms with Crippen LogP contribution < -0.4 is 0 Å². The van der Waals surface area contributed by atoms with Gasteiger partial charge in [-0.15, -0.1) is 0 Å². The third-order valence-corrected chi connectivity index (χ3v) is 3.32. The van der Waals surface area contributed by atoms with Gasteiger partial charge in [0.2, 0.25) is 0 Å². The van der Waals surface area contributed by atoms with E-state index < -0.39 is 5.97 Å². The minimum absolute atomic E-state index is 0.286. The molecule has 0 aliphatic carbocycles. The second-order valence-corrected chi connectivity index (χ2v) is 4.67. The molecule has 0 bridgehead atoms. The number of rotatable bonds is 3. The van der Waals surface area contributed by atoms with E-state index >= 15 is 0 Å². The molecule has 1 heterocycles. The number of nitrogens with zero attached hydrogens (tertiary/aromatic N) is 1. The van der Waals surface area contributed by atoms with Crippen molar-refractivity contribution in [2.75, 3.05) is 0 Å². The van der Waals surface area contributed by atoms with E-state index in [2.05, 4.69) is 4.98 Å². The summed E-state index contributed by atoms with van der Waals surface area (Å²) < 4.78 is 0. The average molecular weight is 275 g/mol. The van der Waals surface area contributed by atoms with E-state index in [9.17, 15) is 4.79 Å². The van der Waals surface area contributed by atoms with E-state index in [0.29, 0.717) is 0 Å². The van der Waals surface area contributed by atoms with Crippen LogP contribution in [0.25, 0.3) is 22.3 Å². The van der Waals surface area contributed by atoms with Crippen LogP contribution in [-0.4, -0.2) is 16.1 Å². The van der Waals surface area contributed by atoms with Gasteiger partial charge < -0.3 is 5.11 Å². The summed E-state index contributed by atoms with van der Waals surface area (Å²) in [5.74, 6) is -0.921. The first-order chi connectivity index (χ1) is 10.3. The summed E-state index contributed by atoms with van der Waals surface area (Å²) in [4.78, 5) is 15.3. The Balaban J connectivity index is 2.16. The van der Waals surface area contributed by atoms with Crippen LogP contribution in [0.2, 0.25) is 0 Å². The molecule has 0 amide bonds. The molecule has 0 saturated carbocycles. The molecule has 3 rings (SSSR count). The van der Waals surface area contributed by atoms with Crippen molar-refractivity contribution in [1.29, 1.82) is 0 Å². The molecule has 3 aromatic rings. The highest BCUT2D eigenvalue weighted by atomic mass is 16.4. The molecule has 0 fully saturated rings. The van der Waals surface area contributed by atoms with Gasteiger partial charge in [0.1, 0.15) is 0 Å². The van der Waals surface area contributed by atoms with E-state index in [4.69, 9.17) is 5.11 Å². The summed E-state index contributed by atoms with van der Waals surface area (Å²) in [6, 6.07) is 18.8. The van der Waals surface area contributed by atoms with Crippen molar-refractivity contribution in [2.45, 2.75) is 0 Å². The molecule has 0 radical (unpaired) electrons. The minimum atomic E-state index is -0.921. The zero-order valence-corrected chi connectivity index (χ0v) is 11.2. The van der Waals surface area contributed by atoms with Gasteiger partial charge in [0.25, 0.3) is 0 Å². The van der Waals surface area contributed by atoms with Crippen LogP contribution in [0, 0.1) is 0 Å². The molecule has 2 aromatic carbocycles. The van der Waals surface area contributed by atoms with Crippen molar-refractivity contribution >= 4 is 5.97 Å². The number of pyridine rings is 1. The lowest BCUT2D eigenvalue weighted by Crippen LogP contribution is -1.96. The van der Waals surface area contributed by atoms with Gasteiger partial charge in [0.15, 0.2) is 0 Å². The first kappa shape index (κ1) is 13.1. The van der Waals surface area contributed by atoms with Gasteiger partial charge >= 0.3 is 5.97 Å². The Morgan fingerprint density at radius 3 is 2.24 bits per heavy atom. The van der Waals surface area contributed by atoms with Crippen LogP contribution >= 0.6 is 0 Å². The van der Waals surface area contributed by atoms with Gasteiger partial charge in [-0.3, -0.25) is 4.98 Å². The average Bonchev–Trinajstić information content (AvgIpc) is 2.56. The van der Waals surface area contributed by atoms with E-state index in [-0.39, 0.29) is 5.56 Å². The Kier molecular flexibility index (Phi) is 3.48. The molecular formula is C18H13NO2. The zero-order chi connectivity index (χ0) is 14.7. The van der Waals surface area contributed by atoms with Gasteiger partial charge in [-0.05, 0) is 34.9 Å². The smallest absolute Gasteiger partial charge is 0.335 e. The second kappa shape index (κ2) is 5.59. The van der Waals surface area contributed by atoms with Crippen LogP contribution in [0.4, 0.5) is 0 Å². The fourth-order valence-electron chi connectivity index (χ4n) is 2.33. The van der Waals surface area contributed by atoms with Gasteiger partial charge in [-0.2, -0.15) is 0 Å². The molecule has 0 spiro atoms. The van der Waals surface area contributed by atoms with Gasteiger partial charge in [0.05, 0.1) is 5.56 Å². The maximum absolute atomic E-state index is 11.1. The molecule has 21 heavy (non-hydrogen) atoms. The molecule has 3 nitrogen and oxygen atoms in total. The zero-order valence-electron chi connectivity index (χ0n) is 11.2. The van der Waals surface area contributed by atoms with Crippen molar-refractivity contribution in [2.24, 2.45) is 0 Å². The standard InChI is InChI=1S/C18H13NO2/c20-18(21)14-6-3-5-13(11-14)16-8-1-2-9-17(16)15-7-4-10-19-12-15/h1-12H,(H,20,21). The van der Waals surface area contributed by atoms with E-state index in [1.54, 1.807) is 30.6 Å². The number of carbonyl (C=O) groups is 1. The van der Waals surface area contributed by atoms with Crippen LogP contribution in [-0.2, 0) is 0 Å². The predicted octanol–water partition coefficient (Wildman–Crippen LogP) is 4.11. The molecule has 0 aliphatic rings. The normalized spacial score (nSPS) is 10.3. The van der Waals surface area contributed by atoms with Crippen LogP contribution in [0.1, 0.15) is 10.4 Å². The maximum atomic E-state index is 11.1. The Hall–Kier alpha value is -2.94. The number of carboxylic acid groups (broad SMARTS) is 1. The Morgan fingerprint density at radius 2 is 1.57 bits per heavy atom. The van der Waals surface area contributed by atoms with E-state index in [1.165, 1.54) is 0 Å². The van der Waals surface area contributed by atoms with Gasteiger partial charge in [-0.1, -0.05) is 42.5 Å². The monoisotopic (exact) mass is 275 g/mol. The summed E-state index contributed by atoms with van der Waals surface area (Å²) in [6.45, 7) is 0. The molecule has 1 N–H and O–H groups in total. The second-order valence-electron chi connectivity index (χ2n) is 4.67. The Bertz CT molecular complexity index is 782. The quantitative estimate of drug-likeness (QED) is 0.782. The molecule has 1 aromatic heterocycles. The lowest BCUT2D eigenvalue weighted by molar-refractivity contribution is 0.0697. The van der Waals surface area contributed by atoms with Crippen molar-refractivity contribution in [3.8, 4) is 22.3 Å². The summed E-state index contributed by atoms with van der Waals surface area (Å²) >= 11 is 0. The molecule has 3 heteroatoms. The van der Waals surface area contributed by atoms with Crippen molar-refractivity contribution in [3.63, 3.8) is 0 Å². The van der Waals surface area contributed by atoms with Crippen molar-refractivity contribution in [3.05, 3.63) is 78.6 Å². The number of hydrogen-bond donors (Lipinski definition) is 1. The third-order valence-electron chi connectivity index (χ3n) is 3.32. The first-order valence-electron chi connectivity index (χ1n) is 6.59. The van der Waals surface area contributed by atoms with Gasteiger partial charge in [-0.25, -0.2) is 4.79 Å². The Morgan fingerprint density at radius 1 is 0.857 bits per heavy atom. The van der Waals surface area contributed by atoms with Crippen LogP contribution in [0.3, 0.4) is 0 Å². The highest BCUT2D eigenvalue weighted by Crippen LogP contribution is 2.31. The number of hydrogen-bond acceptors (Lipinski definition) is 2. The van der Waals surface area contributed by atoms with Crippen LogP contribution in [0.5, 0.6) is 0 Å². The summed E-state index contributed by atoms with van der Waals surface area (Å²) in [5.41, 5.74) is 4.21. The lowest BCUT2D eigenvalue weighted by Gasteiger charge is -2.10.